The molecule has 6 nitrogen and oxygen atoms in total. The molecule has 0 aliphatic heterocycles. The first-order valence-electron chi connectivity index (χ1n) is 9.62. The second-order valence-electron chi connectivity index (χ2n) is 6.37. The van der Waals surface area contributed by atoms with Gasteiger partial charge in [0.1, 0.15) is 6.61 Å². The van der Waals surface area contributed by atoms with Gasteiger partial charge >= 0.3 is 73.4 Å². The molecule has 0 radical (unpaired) electrons. The van der Waals surface area contributed by atoms with Crippen molar-refractivity contribution in [3.8, 4) is 0 Å². The number of unbranched alkanes of at least 4 members (excludes halogenated alkanes) is 9. The Labute approximate surface area is 207 Å². The standard InChI is InChI=1S/C19H34O6S.K.H/c1-3-5-6-7-8-9-10-11-12-13-17-26(22,23)25-19(21)15-14-18(20)24-16-4-2;;/h4H,2-3,5-17H2,1H3;;. The third kappa shape index (κ3) is 20.8. The Balaban J connectivity index is 0. The van der Waals surface area contributed by atoms with E-state index in [1.54, 1.807) is 0 Å². The van der Waals surface area contributed by atoms with Crippen LogP contribution in [0.4, 0.5) is 0 Å². The van der Waals surface area contributed by atoms with Gasteiger partial charge in [-0.2, -0.15) is 8.42 Å². The summed E-state index contributed by atoms with van der Waals surface area (Å²) in [6.45, 7) is 5.65. The molecule has 0 aliphatic carbocycles. The molecule has 0 heterocycles. The van der Waals surface area contributed by atoms with Gasteiger partial charge in [-0.25, -0.2) is 0 Å². The summed E-state index contributed by atoms with van der Waals surface area (Å²) in [6, 6.07) is 0. The van der Waals surface area contributed by atoms with E-state index in [1.165, 1.54) is 44.6 Å². The van der Waals surface area contributed by atoms with Crippen molar-refractivity contribution in [2.75, 3.05) is 12.4 Å². The molecule has 0 bridgehead atoms. The molecule has 0 aliphatic rings. The predicted molar refractivity (Wildman–Crippen MR) is 109 cm³/mol. The molecule has 0 aromatic rings. The van der Waals surface area contributed by atoms with E-state index < -0.39 is 22.1 Å². The Morgan fingerprint density at radius 2 is 1.33 bits per heavy atom. The summed E-state index contributed by atoms with van der Waals surface area (Å²) in [7, 11) is -3.87. The molecule has 0 amide bonds. The van der Waals surface area contributed by atoms with Crippen molar-refractivity contribution in [1.82, 2.24) is 0 Å². The first kappa shape index (κ1) is 29.5. The van der Waals surface area contributed by atoms with Crippen molar-refractivity contribution < 1.29 is 26.9 Å². The van der Waals surface area contributed by atoms with Crippen molar-refractivity contribution in [2.45, 2.75) is 84.0 Å². The van der Waals surface area contributed by atoms with Gasteiger partial charge in [-0.15, -0.1) is 0 Å². The zero-order chi connectivity index (χ0) is 19.7. The van der Waals surface area contributed by atoms with Gasteiger partial charge in [0.05, 0.1) is 18.6 Å². The topological polar surface area (TPSA) is 86.7 Å². The van der Waals surface area contributed by atoms with Gasteiger partial charge in [0.2, 0.25) is 0 Å². The fourth-order valence-electron chi connectivity index (χ4n) is 2.42. The van der Waals surface area contributed by atoms with Gasteiger partial charge in [0, 0.05) is 0 Å². The average molecular weight is 431 g/mol. The van der Waals surface area contributed by atoms with Crippen molar-refractivity contribution >= 4 is 73.4 Å². The minimum atomic E-state index is -3.87. The molecule has 0 saturated carbocycles. The van der Waals surface area contributed by atoms with E-state index in [9.17, 15) is 18.0 Å². The van der Waals surface area contributed by atoms with E-state index in [0.717, 1.165) is 19.3 Å². The van der Waals surface area contributed by atoms with E-state index in [-0.39, 0.29) is 76.6 Å². The summed E-state index contributed by atoms with van der Waals surface area (Å²) in [6.07, 6.45) is 11.8. The van der Waals surface area contributed by atoms with E-state index in [0.29, 0.717) is 6.42 Å². The summed E-state index contributed by atoms with van der Waals surface area (Å²) >= 11 is 0. The quantitative estimate of drug-likeness (QED) is 0.115. The van der Waals surface area contributed by atoms with Crippen LogP contribution in [0.25, 0.3) is 0 Å². The van der Waals surface area contributed by atoms with Crippen molar-refractivity contribution in [3.63, 3.8) is 0 Å². The SMILES string of the molecule is C=CCOC(=O)CCC(=O)OS(=O)(=O)CCCCCCCCCCCC.[KH]. The number of esters is 1. The monoisotopic (exact) mass is 430 g/mol. The van der Waals surface area contributed by atoms with E-state index in [4.69, 9.17) is 4.74 Å². The van der Waals surface area contributed by atoms with Crippen LogP contribution >= 0.6 is 0 Å². The van der Waals surface area contributed by atoms with E-state index >= 15 is 0 Å². The third-order valence-corrected chi connectivity index (χ3v) is 5.09. The predicted octanol–water partition coefficient (Wildman–Crippen LogP) is 3.64. The van der Waals surface area contributed by atoms with Gasteiger partial charge in [0.25, 0.3) is 0 Å². The Morgan fingerprint density at radius 1 is 0.852 bits per heavy atom. The van der Waals surface area contributed by atoms with Crippen LogP contribution in [0, 0.1) is 0 Å². The van der Waals surface area contributed by atoms with E-state index in [1.807, 2.05) is 0 Å². The first-order chi connectivity index (χ1) is 12.4. The van der Waals surface area contributed by atoms with Crippen molar-refractivity contribution in [2.24, 2.45) is 0 Å². The fraction of sp³-hybridized carbons (Fsp3) is 0.789. The number of hydrogen-bond acceptors (Lipinski definition) is 6. The molecule has 0 N–H and O–H groups in total. The molecule has 0 fully saturated rings. The number of carbonyl (C=O) groups excluding carboxylic acids is 2. The summed E-state index contributed by atoms with van der Waals surface area (Å²) in [5, 5.41) is 0. The molecule has 0 unspecified atom stereocenters. The summed E-state index contributed by atoms with van der Waals surface area (Å²) < 4.78 is 32.6. The Hall–Kier alpha value is 0.266. The van der Waals surface area contributed by atoms with Gasteiger partial charge in [-0.3, -0.25) is 9.59 Å². The molecule has 154 valence electrons. The number of rotatable bonds is 17. The van der Waals surface area contributed by atoms with E-state index in [2.05, 4.69) is 17.7 Å². The summed E-state index contributed by atoms with van der Waals surface area (Å²) in [4.78, 5) is 22.7. The molecule has 0 atom stereocenters. The normalized spacial score (nSPS) is 10.7. The molecular formula is C19H35KO6S. The van der Waals surface area contributed by atoms with Crippen molar-refractivity contribution in [3.05, 3.63) is 12.7 Å². The molecule has 27 heavy (non-hydrogen) atoms. The number of carbonyl (C=O) groups is 2. The summed E-state index contributed by atoms with van der Waals surface area (Å²) in [5.74, 6) is -1.68. The number of hydrogen-bond donors (Lipinski definition) is 0. The van der Waals surface area contributed by atoms with Crippen molar-refractivity contribution in [1.29, 1.82) is 0 Å². The zero-order valence-electron chi connectivity index (χ0n) is 16.0. The molecule has 0 aromatic carbocycles. The zero-order valence-corrected chi connectivity index (χ0v) is 16.9. The fourth-order valence-corrected chi connectivity index (χ4v) is 3.43. The molecule has 0 aromatic heterocycles. The van der Waals surface area contributed by atoms with Gasteiger partial charge in [-0.05, 0) is 6.42 Å². The Morgan fingerprint density at radius 3 is 1.85 bits per heavy atom. The minimum absolute atomic E-state index is 0. The summed E-state index contributed by atoms with van der Waals surface area (Å²) in [5.41, 5.74) is 0. The van der Waals surface area contributed by atoms with Crippen LogP contribution in [0.2, 0.25) is 0 Å². The van der Waals surface area contributed by atoms with Crippen LogP contribution in [0.1, 0.15) is 84.0 Å². The Kier molecular flexibility index (Phi) is 21.4. The maximum absolute atomic E-state index is 11.7. The van der Waals surface area contributed by atoms with Crippen LogP contribution in [0.3, 0.4) is 0 Å². The third-order valence-electron chi connectivity index (χ3n) is 3.86. The van der Waals surface area contributed by atoms with Gasteiger partial charge < -0.3 is 8.92 Å². The average Bonchev–Trinajstić information content (AvgIpc) is 2.59. The molecule has 8 heteroatoms. The van der Waals surface area contributed by atoms with Gasteiger partial charge in [0.15, 0.2) is 0 Å². The van der Waals surface area contributed by atoms with Crippen LogP contribution < -0.4 is 0 Å². The molecular weight excluding hydrogens is 395 g/mol. The van der Waals surface area contributed by atoms with Crippen LogP contribution in [-0.2, 0) is 28.6 Å². The Bertz CT molecular complexity index is 504. The second kappa shape index (κ2) is 19.6. The molecule has 0 spiro atoms. The van der Waals surface area contributed by atoms with Crippen LogP contribution in [0.15, 0.2) is 12.7 Å². The van der Waals surface area contributed by atoms with Crippen LogP contribution in [-0.4, -0.2) is 84.1 Å². The number of ether oxygens (including phenoxy) is 1. The molecule has 0 saturated heterocycles. The first-order valence-corrected chi connectivity index (χ1v) is 11.2. The maximum atomic E-state index is 11.7. The second-order valence-corrected chi connectivity index (χ2v) is 8.06. The van der Waals surface area contributed by atoms with Crippen LogP contribution in [0.5, 0.6) is 0 Å². The molecule has 0 rings (SSSR count). The van der Waals surface area contributed by atoms with Gasteiger partial charge in [-0.1, -0.05) is 77.4 Å².